The van der Waals surface area contributed by atoms with E-state index in [-0.39, 0.29) is 0 Å². The Bertz CT molecular complexity index is 253. The quantitative estimate of drug-likeness (QED) is 0.574. The first-order valence-corrected chi connectivity index (χ1v) is 7.55. The second-order valence-corrected chi connectivity index (χ2v) is 5.58. The third-order valence-electron chi connectivity index (χ3n) is 3.90. The van der Waals surface area contributed by atoms with E-state index in [4.69, 9.17) is 0 Å². The molecule has 0 bridgehead atoms. The highest BCUT2D eigenvalue weighted by Crippen LogP contribution is 2.27. The highest BCUT2D eigenvalue weighted by molar-refractivity contribution is 5.79. The maximum atomic E-state index is 4.26. The summed E-state index contributed by atoms with van der Waals surface area (Å²) in [4.78, 5) is 6.84. The highest BCUT2D eigenvalue weighted by Gasteiger charge is 2.21. The molecule has 1 heterocycles. The van der Waals surface area contributed by atoms with Gasteiger partial charge in [-0.3, -0.25) is 4.99 Å². The van der Waals surface area contributed by atoms with E-state index < -0.39 is 0 Å². The molecule has 0 spiro atoms. The van der Waals surface area contributed by atoms with Crippen LogP contribution in [0.25, 0.3) is 0 Å². The van der Waals surface area contributed by atoms with Gasteiger partial charge in [0.2, 0.25) is 0 Å². The summed E-state index contributed by atoms with van der Waals surface area (Å²) in [6.07, 6.45) is 8.34. The van der Waals surface area contributed by atoms with E-state index in [0.717, 1.165) is 31.5 Å². The van der Waals surface area contributed by atoms with Crippen molar-refractivity contribution in [2.45, 2.75) is 38.5 Å². The van der Waals surface area contributed by atoms with Gasteiger partial charge in [0.1, 0.15) is 0 Å². The Morgan fingerprint density at radius 1 is 1.11 bits per heavy atom. The predicted molar refractivity (Wildman–Crippen MR) is 77.0 cm³/mol. The van der Waals surface area contributed by atoms with Crippen molar-refractivity contribution in [2.24, 2.45) is 10.9 Å². The van der Waals surface area contributed by atoms with Crippen LogP contribution in [0.2, 0.25) is 0 Å². The lowest BCUT2D eigenvalue weighted by Gasteiger charge is -2.20. The molecule has 0 aromatic rings. The van der Waals surface area contributed by atoms with Crippen molar-refractivity contribution in [1.29, 1.82) is 0 Å². The number of rotatable bonds is 5. The van der Waals surface area contributed by atoms with Gasteiger partial charge in [0.25, 0.3) is 0 Å². The molecule has 0 aromatic heterocycles. The molecule has 0 aromatic carbocycles. The fourth-order valence-electron chi connectivity index (χ4n) is 2.48. The normalized spacial score (nSPS) is 22.6. The zero-order valence-electron chi connectivity index (χ0n) is 11.7. The first kappa shape index (κ1) is 13.7. The Morgan fingerprint density at radius 3 is 2.44 bits per heavy atom. The Hall–Kier alpha value is -0.770. The summed E-state index contributed by atoms with van der Waals surface area (Å²) in [5.74, 6) is 1.87. The summed E-state index contributed by atoms with van der Waals surface area (Å²) >= 11 is 0. The molecule has 0 amide bonds. The molecular weight excluding hydrogens is 224 g/mol. The molecule has 1 saturated heterocycles. The van der Waals surface area contributed by atoms with E-state index in [1.54, 1.807) is 0 Å². The molecule has 104 valence electrons. The molecule has 1 aliphatic carbocycles. The molecule has 1 aliphatic heterocycles. The van der Waals surface area contributed by atoms with E-state index in [2.05, 4.69) is 20.5 Å². The molecule has 18 heavy (non-hydrogen) atoms. The van der Waals surface area contributed by atoms with Crippen LogP contribution in [0.1, 0.15) is 38.5 Å². The van der Waals surface area contributed by atoms with Crippen LogP contribution in [-0.4, -0.2) is 50.6 Å². The van der Waals surface area contributed by atoms with Gasteiger partial charge in [0, 0.05) is 26.7 Å². The van der Waals surface area contributed by atoms with E-state index in [1.807, 2.05) is 7.05 Å². The van der Waals surface area contributed by atoms with Gasteiger partial charge >= 0.3 is 0 Å². The monoisotopic (exact) mass is 252 g/mol. The van der Waals surface area contributed by atoms with Crippen LogP contribution in [0.5, 0.6) is 0 Å². The number of hydrogen-bond donors (Lipinski definition) is 2. The molecule has 4 nitrogen and oxygen atoms in total. The third kappa shape index (κ3) is 5.25. The molecule has 2 N–H and O–H groups in total. The van der Waals surface area contributed by atoms with Crippen molar-refractivity contribution < 1.29 is 0 Å². The van der Waals surface area contributed by atoms with Crippen LogP contribution in [0, 0.1) is 5.92 Å². The van der Waals surface area contributed by atoms with Crippen LogP contribution >= 0.6 is 0 Å². The lowest BCUT2D eigenvalue weighted by atomic mass is 10.2. The summed E-state index contributed by atoms with van der Waals surface area (Å²) in [5.41, 5.74) is 0. The predicted octanol–water partition coefficient (Wildman–Crippen LogP) is 1.44. The second kappa shape index (κ2) is 7.62. The number of nitrogens with zero attached hydrogens (tertiary/aromatic N) is 2. The van der Waals surface area contributed by atoms with Gasteiger partial charge in [-0.05, 0) is 44.7 Å². The third-order valence-corrected chi connectivity index (χ3v) is 3.90. The van der Waals surface area contributed by atoms with Crippen LogP contribution in [0.3, 0.4) is 0 Å². The number of guanidine groups is 1. The SMILES string of the molecule is CN=C(NCCN1CCCCCC1)NCC1CC1. The summed E-state index contributed by atoms with van der Waals surface area (Å²) in [6.45, 7) is 5.78. The zero-order chi connectivity index (χ0) is 12.6. The van der Waals surface area contributed by atoms with Crippen molar-refractivity contribution in [3.63, 3.8) is 0 Å². The topological polar surface area (TPSA) is 39.7 Å². The van der Waals surface area contributed by atoms with E-state index in [9.17, 15) is 0 Å². The first-order valence-electron chi connectivity index (χ1n) is 7.55. The lowest BCUT2D eigenvalue weighted by Crippen LogP contribution is -2.42. The Morgan fingerprint density at radius 2 is 1.83 bits per heavy atom. The average Bonchev–Trinajstić information content (AvgIpc) is 3.20. The van der Waals surface area contributed by atoms with Crippen molar-refractivity contribution in [1.82, 2.24) is 15.5 Å². The van der Waals surface area contributed by atoms with Gasteiger partial charge in [0.15, 0.2) is 5.96 Å². The smallest absolute Gasteiger partial charge is 0.191 e. The molecular formula is C14H28N4. The van der Waals surface area contributed by atoms with Crippen molar-refractivity contribution >= 4 is 5.96 Å². The summed E-state index contributed by atoms with van der Waals surface area (Å²) in [6, 6.07) is 0. The standard InChI is InChI=1S/C14H28N4/c1-15-14(17-12-13-6-7-13)16-8-11-18-9-4-2-3-5-10-18/h13H,2-12H2,1H3,(H2,15,16,17). The Labute approximate surface area is 111 Å². The van der Waals surface area contributed by atoms with E-state index >= 15 is 0 Å². The van der Waals surface area contributed by atoms with E-state index in [0.29, 0.717) is 0 Å². The zero-order valence-corrected chi connectivity index (χ0v) is 11.7. The average molecular weight is 252 g/mol. The van der Waals surface area contributed by atoms with Gasteiger partial charge < -0.3 is 15.5 Å². The molecule has 0 unspecified atom stereocenters. The molecule has 1 saturated carbocycles. The number of likely N-dealkylation sites (tertiary alicyclic amines) is 1. The van der Waals surface area contributed by atoms with Gasteiger partial charge in [-0.1, -0.05) is 12.8 Å². The summed E-state index contributed by atoms with van der Waals surface area (Å²) < 4.78 is 0. The van der Waals surface area contributed by atoms with Gasteiger partial charge in [-0.15, -0.1) is 0 Å². The Balaban J connectivity index is 1.56. The van der Waals surface area contributed by atoms with Crippen LogP contribution < -0.4 is 10.6 Å². The van der Waals surface area contributed by atoms with Crippen molar-refractivity contribution in [2.75, 3.05) is 39.8 Å². The molecule has 4 heteroatoms. The van der Waals surface area contributed by atoms with Gasteiger partial charge in [-0.25, -0.2) is 0 Å². The van der Waals surface area contributed by atoms with Crippen molar-refractivity contribution in [3.05, 3.63) is 0 Å². The minimum absolute atomic E-state index is 0.897. The second-order valence-electron chi connectivity index (χ2n) is 5.58. The largest absolute Gasteiger partial charge is 0.356 e. The number of nitrogens with one attached hydrogen (secondary N) is 2. The van der Waals surface area contributed by atoms with Crippen LogP contribution in [0.15, 0.2) is 4.99 Å². The summed E-state index contributed by atoms with van der Waals surface area (Å²) in [7, 11) is 1.86. The molecule has 2 aliphatic rings. The molecule has 0 radical (unpaired) electrons. The van der Waals surface area contributed by atoms with E-state index in [1.165, 1.54) is 51.6 Å². The fourth-order valence-corrected chi connectivity index (χ4v) is 2.48. The number of hydrogen-bond acceptors (Lipinski definition) is 2. The lowest BCUT2D eigenvalue weighted by molar-refractivity contribution is 0.289. The first-order chi connectivity index (χ1) is 8.88. The minimum Gasteiger partial charge on any atom is -0.356 e. The summed E-state index contributed by atoms with van der Waals surface area (Å²) in [5, 5.41) is 6.82. The molecule has 0 atom stereocenters. The molecule has 2 fully saturated rings. The van der Waals surface area contributed by atoms with Crippen LogP contribution in [-0.2, 0) is 0 Å². The maximum Gasteiger partial charge on any atom is 0.191 e. The van der Waals surface area contributed by atoms with Crippen LogP contribution in [0.4, 0.5) is 0 Å². The maximum absolute atomic E-state index is 4.26. The van der Waals surface area contributed by atoms with Gasteiger partial charge in [0.05, 0.1) is 0 Å². The van der Waals surface area contributed by atoms with Crippen molar-refractivity contribution in [3.8, 4) is 0 Å². The number of aliphatic imine (C=N–C) groups is 1. The highest BCUT2D eigenvalue weighted by atomic mass is 15.2. The fraction of sp³-hybridized carbons (Fsp3) is 0.929. The minimum atomic E-state index is 0.897. The Kier molecular flexibility index (Phi) is 5.78. The van der Waals surface area contributed by atoms with Gasteiger partial charge in [-0.2, -0.15) is 0 Å². The molecule has 2 rings (SSSR count).